The van der Waals surface area contributed by atoms with Crippen molar-refractivity contribution < 1.29 is 14.2 Å². The van der Waals surface area contributed by atoms with Crippen LogP contribution in [0.1, 0.15) is 33.3 Å². The molecule has 0 aliphatic heterocycles. The van der Waals surface area contributed by atoms with E-state index >= 15 is 0 Å². The molecule has 28 heavy (non-hydrogen) atoms. The highest BCUT2D eigenvalue weighted by atomic mass is 127. The van der Waals surface area contributed by atoms with Crippen molar-refractivity contribution in [2.75, 3.05) is 18.5 Å². The second-order valence-corrected chi connectivity index (χ2v) is 6.16. The average molecular weight is 499 g/mol. The molecule has 0 amide bonds. The van der Waals surface area contributed by atoms with Crippen molar-refractivity contribution in [1.29, 1.82) is 0 Å². The third kappa shape index (κ3) is 7.84. The Morgan fingerprint density at radius 2 is 1.64 bits per heavy atom. The summed E-state index contributed by atoms with van der Waals surface area (Å²) in [7, 11) is 0. The number of ether oxygens (including phenoxy) is 3. The molecule has 7 heteroatoms. The van der Waals surface area contributed by atoms with Gasteiger partial charge in [0.2, 0.25) is 0 Å². The first-order valence-corrected chi connectivity index (χ1v) is 9.24. The van der Waals surface area contributed by atoms with Gasteiger partial charge < -0.3 is 25.3 Å². The molecule has 0 heterocycles. The van der Waals surface area contributed by atoms with E-state index in [1.54, 1.807) is 0 Å². The van der Waals surface area contributed by atoms with E-state index in [9.17, 15) is 0 Å². The van der Waals surface area contributed by atoms with Crippen LogP contribution in [0.15, 0.2) is 47.5 Å². The number of nitrogens with one attached hydrogen (secondary N) is 1. The molecule has 2 aromatic rings. The maximum Gasteiger partial charge on any atom is 0.193 e. The highest BCUT2D eigenvalue weighted by molar-refractivity contribution is 14.0. The highest BCUT2D eigenvalue weighted by Crippen LogP contribution is 2.29. The predicted octanol–water partition coefficient (Wildman–Crippen LogP) is 4.82. The Morgan fingerprint density at radius 1 is 1.00 bits per heavy atom. The number of hydrogen-bond acceptors (Lipinski definition) is 4. The number of anilines is 1. The van der Waals surface area contributed by atoms with E-state index in [-0.39, 0.29) is 30.1 Å². The van der Waals surface area contributed by atoms with Crippen LogP contribution in [0.4, 0.5) is 5.69 Å². The molecular formula is C21H30IN3O3. The minimum Gasteiger partial charge on any atom is -0.494 e. The second kappa shape index (κ2) is 12.3. The summed E-state index contributed by atoms with van der Waals surface area (Å²) in [6.07, 6.45) is 0.153. The van der Waals surface area contributed by atoms with Gasteiger partial charge in [-0.3, -0.25) is 0 Å². The normalized spacial score (nSPS) is 11.0. The molecule has 0 unspecified atom stereocenters. The second-order valence-electron chi connectivity index (χ2n) is 6.16. The number of nitrogens with two attached hydrogens (primary N) is 1. The van der Waals surface area contributed by atoms with Crippen molar-refractivity contribution >= 4 is 35.6 Å². The van der Waals surface area contributed by atoms with Crippen LogP contribution in [0.5, 0.6) is 17.2 Å². The quantitative estimate of drug-likeness (QED) is 0.294. The molecule has 2 rings (SSSR count). The lowest BCUT2D eigenvalue weighted by atomic mass is 10.2. The van der Waals surface area contributed by atoms with Gasteiger partial charge in [-0.1, -0.05) is 12.1 Å². The van der Waals surface area contributed by atoms with Gasteiger partial charge in [-0.15, -0.1) is 24.0 Å². The van der Waals surface area contributed by atoms with Crippen molar-refractivity contribution in [1.82, 2.24) is 0 Å². The van der Waals surface area contributed by atoms with Crippen LogP contribution in [0, 0.1) is 0 Å². The molecule has 0 saturated heterocycles. The fourth-order valence-electron chi connectivity index (χ4n) is 2.44. The topological polar surface area (TPSA) is 78.1 Å². The molecule has 154 valence electrons. The van der Waals surface area contributed by atoms with Crippen LogP contribution in [0.25, 0.3) is 0 Å². The molecule has 0 fully saturated rings. The monoisotopic (exact) mass is 499 g/mol. The van der Waals surface area contributed by atoms with Crippen LogP contribution >= 0.6 is 24.0 Å². The number of benzene rings is 2. The van der Waals surface area contributed by atoms with E-state index in [0.29, 0.717) is 31.5 Å². The van der Waals surface area contributed by atoms with E-state index in [0.717, 1.165) is 22.7 Å². The Labute approximate surface area is 184 Å². The summed E-state index contributed by atoms with van der Waals surface area (Å²) in [5.74, 6) is 2.61. The third-order valence-corrected chi connectivity index (χ3v) is 3.55. The summed E-state index contributed by atoms with van der Waals surface area (Å²) in [5.41, 5.74) is 7.83. The summed E-state index contributed by atoms with van der Waals surface area (Å²) in [5, 5.41) is 3.10. The van der Waals surface area contributed by atoms with Gasteiger partial charge in [0.05, 0.1) is 31.5 Å². The Kier molecular flexibility index (Phi) is 10.5. The minimum absolute atomic E-state index is 0. The molecule has 0 atom stereocenters. The molecule has 0 bridgehead atoms. The van der Waals surface area contributed by atoms with Crippen molar-refractivity contribution in [3.8, 4) is 17.2 Å². The zero-order valence-electron chi connectivity index (χ0n) is 16.9. The van der Waals surface area contributed by atoms with Gasteiger partial charge in [0.25, 0.3) is 0 Å². The molecule has 2 aromatic carbocycles. The fraction of sp³-hybridized carbons (Fsp3) is 0.381. The molecular weight excluding hydrogens is 469 g/mol. The van der Waals surface area contributed by atoms with E-state index in [2.05, 4.69) is 10.3 Å². The lowest BCUT2D eigenvalue weighted by Gasteiger charge is -2.14. The van der Waals surface area contributed by atoms with Gasteiger partial charge in [-0.05, 0) is 57.5 Å². The van der Waals surface area contributed by atoms with Crippen LogP contribution in [0.3, 0.4) is 0 Å². The third-order valence-electron chi connectivity index (χ3n) is 3.55. The number of guanidine groups is 1. The van der Waals surface area contributed by atoms with Gasteiger partial charge in [0.15, 0.2) is 5.96 Å². The minimum atomic E-state index is 0. The lowest BCUT2D eigenvalue weighted by Crippen LogP contribution is -2.23. The van der Waals surface area contributed by atoms with E-state index < -0.39 is 0 Å². The number of aliphatic imine (C=N–C) groups is 1. The largest absolute Gasteiger partial charge is 0.494 e. The van der Waals surface area contributed by atoms with Gasteiger partial charge in [0, 0.05) is 6.07 Å². The van der Waals surface area contributed by atoms with Gasteiger partial charge in [-0.25, -0.2) is 4.99 Å². The summed E-state index contributed by atoms with van der Waals surface area (Å²) < 4.78 is 16.8. The maximum atomic E-state index is 6.06. The summed E-state index contributed by atoms with van der Waals surface area (Å²) in [4.78, 5) is 4.40. The Balaban J connectivity index is 0.00000392. The van der Waals surface area contributed by atoms with Gasteiger partial charge in [0.1, 0.15) is 17.2 Å². The number of nitrogens with zero attached hydrogens (tertiary/aromatic N) is 1. The molecule has 0 aliphatic rings. The van der Waals surface area contributed by atoms with Crippen LogP contribution in [-0.2, 0) is 6.54 Å². The summed E-state index contributed by atoms with van der Waals surface area (Å²) in [6.45, 7) is 9.50. The SMILES string of the molecule is CCOc1ccc(OCC)c(NC(N)=NCc2ccc(OC(C)C)cc2)c1.I. The van der Waals surface area contributed by atoms with Gasteiger partial charge in [-0.2, -0.15) is 0 Å². The number of rotatable bonds is 9. The van der Waals surface area contributed by atoms with Crippen molar-refractivity contribution in [3.05, 3.63) is 48.0 Å². The first kappa shape index (κ1) is 23.9. The molecule has 0 aromatic heterocycles. The number of halogens is 1. The number of hydrogen-bond donors (Lipinski definition) is 2. The highest BCUT2D eigenvalue weighted by Gasteiger charge is 2.07. The molecule has 0 radical (unpaired) electrons. The molecule has 0 spiro atoms. The predicted molar refractivity (Wildman–Crippen MR) is 125 cm³/mol. The Hall–Kier alpha value is -2.16. The van der Waals surface area contributed by atoms with E-state index in [4.69, 9.17) is 19.9 Å². The molecule has 0 aliphatic carbocycles. The summed E-state index contributed by atoms with van der Waals surface area (Å²) in [6, 6.07) is 13.4. The fourth-order valence-corrected chi connectivity index (χ4v) is 2.44. The van der Waals surface area contributed by atoms with Crippen LogP contribution < -0.4 is 25.3 Å². The zero-order valence-corrected chi connectivity index (χ0v) is 19.2. The summed E-state index contributed by atoms with van der Waals surface area (Å²) >= 11 is 0. The Morgan fingerprint density at radius 3 is 2.25 bits per heavy atom. The van der Waals surface area contributed by atoms with E-state index in [1.807, 2.05) is 70.2 Å². The zero-order chi connectivity index (χ0) is 19.6. The first-order chi connectivity index (χ1) is 13.0. The lowest BCUT2D eigenvalue weighted by molar-refractivity contribution is 0.242. The Bertz CT molecular complexity index is 749. The first-order valence-electron chi connectivity index (χ1n) is 9.24. The van der Waals surface area contributed by atoms with Crippen LogP contribution in [-0.4, -0.2) is 25.3 Å². The molecule has 3 N–H and O–H groups in total. The van der Waals surface area contributed by atoms with Crippen molar-refractivity contribution in [2.24, 2.45) is 10.7 Å². The van der Waals surface area contributed by atoms with E-state index in [1.165, 1.54) is 0 Å². The standard InChI is InChI=1S/C21H29N3O3.HI/c1-5-25-18-11-12-20(26-6-2)19(13-18)24-21(22)23-14-16-7-9-17(10-8-16)27-15(3)4;/h7-13,15H,5-6,14H2,1-4H3,(H3,22,23,24);1H. The molecule has 6 nitrogen and oxygen atoms in total. The smallest absolute Gasteiger partial charge is 0.193 e. The average Bonchev–Trinajstić information content (AvgIpc) is 2.63. The maximum absolute atomic E-state index is 6.06. The van der Waals surface area contributed by atoms with Crippen molar-refractivity contribution in [2.45, 2.75) is 40.3 Å². The molecule has 0 saturated carbocycles. The van der Waals surface area contributed by atoms with Crippen molar-refractivity contribution in [3.63, 3.8) is 0 Å². The van der Waals surface area contributed by atoms with Gasteiger partial charge >= 0.3 is 0 Å². The van der Waals surface area contributed by atoms with Crippen LogP contribution in [0.2, 0.25) is 0 Å².